The van der Waals surface area contributed by atoms with Gasteiger partial charge in [-0.1, -0.05) is 11.6 Å². The Morgan fingerprint density at radius 1 is 1.00 bits per heavy atom. The Hall–Kier alpha value is -3.55. The summed E-state index contributed by atoms with van der Waals surface area (Å²) in [7, 11) is 0. The zero-order valence-electron chi connectivity index (χ0n) is 15.1. The Labute approximate surface area is 177 Å². The molecule has 0 radical (unpaired) electrons. The van der Waals surface area contributed by atoms with Gasteiger partial charge in [0.05, 0.1) is 16.3 Å². The van der Waals surface area contributed by atoms with Crippen molar-refractivity contribution in [3.8, 4) is 17.3 Å². The van der Waals surface area contributed by atoms with E-state index in [1.54, 1.807) is 0 Å². The average Bonchev–Trinajstić information content (AvgIpc) is 2.67. The number of hydrogen-bond donors (Lipinski definition) is 1. The molecule has 170 valence electrons. The molecule has 0 aliphatic rings. The highest BCUT2D eigenvalue weighted by molar-refractivity contribution is 6.32. The van der Waals surface area contributed by atoms with Crippen molar-refractivity contribution in [1.82, 2.24) is 14.2 Å². The lowest BCUT2D eigenvalue weighted by Gasteiger charge is -2.15. The number of nitrogen functional groups attached to an aromatic ring is 1. The summed E-state index contributed by atoms with van der Waals surface area (Å²) < 4.78 is 95.8. The smallest absolute Gasteiger partial charge is 0.433 e. The summed E-state index contributed by atoms with van der Waals surface area (Å²) in [6.07, 6.45) is -9.37. The van der Waals surface area contributed by atoms with E-state index in [9.17, 15) is 40.3 Å². The third-order valence-corrected chi connectivity index (χ3v) is 4.24. The van der Waals surface area contributed by atoms with Crippen LogP contribution in [0.5, 0.6) is 11.6 Å². The SMILES string of the molecule is Nn1c(C(F)(F)F)cc(=O)n(-c2cc(Oc3ccc(C(F)(F)F)cn3)c(Cl)cc2F)c1=O. The molecule has 0 fully saturated rings. The van der Waals surface area contributed by atoms with E-state index in [1.807, 2.05) is 0 Å². The van der Waals surface area contributed by atoms with E-state index in [-0.39, 0.29) is 10.6 Å². The van der Waals surface area contributed by atoms with Gasteiger partial charge < -0.3 is 10.6 Å². The fourth-order valence-electron chi connectivity index (χ4n) is 2.49. The number of nitrogens with two attached hydrogens (primary N) is 1. The number of ether oxygens (including phenoxy) is 1. The number of pyridine rings is 1. The number of rotatable bonds is 3. The summed E-state index contributed by atoms with van der Waals surface area (Å²) in [6, 6.07) is 2.68. The monoisotopic (exact) mass is 484 g/mol. The summed E-state index contributed by atoms with van der Waals surface area (Å²) in [5, 5.41) is -0.444. The van der Waals surface area contributed by atoms with Crippen LogP contribution in [0.2, 0.25) is 5.02 Å². The van der Waals surface area contributed by atoms with Gasteiger partial charge in [0, 0.05) is 24.4 Å². The van der Waals surface area contributed by atoms with E-state index in [1.165, 1.54) is 0 Å². The number of hydrogen-bond acceptors (Lipinski definition) is 5. The van der Waals surface area contributed by atoms with Crippen LogP contribution in [0.25, 0.3) is 5.69 Å². The molecule has 2 aromatic heterocycles. The van der Waals surface area contributed by atoms with Gasteiger partial charge >= 0.3 is 18.0 Å². The van der Waals surface area contributed by atoms with Crippen LogP contribution in [0.4, 0.5) is 30.7 Å². The van der Waals surface area contributed by atoms with Gasteiger partial charge in [-0.2, -0.15) is 26.3 Å². The van der Waals surface area contributed by atoms with Crippen molar-refractivity contribution in [3.05, 3.63) is 79.5 Å². The molecule has 2 N–H and O–H groups in total. The highest BCUT2D eigenvalue weighted by atomic mass is 35.5. The lowest BCUT2D eigenvalue weighted by atomic mass is 10.2. The van der Waals surface area contributed by atoms with Gasteiger partial charge in [-0.25, -0.2) is 23.4 Å². The molecule has 3 rings (SSSR count). The lowest BCUT2D eigenvalue weighted by Crippen LogP contribution is -2.45. The minimum atomic E-state index is -5.15. The van der Waals surface area contributed by atoms with Gasteiger partial charge in [0.2, 0.25) is 5.88 Å². The average molecular weight is 485 g/mol. The van der Waals surface area contributed by atoms with E-state index in [2.05, 4.69) is 4.98 Å². The second kappa shape index (κ2) is 7.85. The molecule has 1 aromatic carbocycles. The molecule has 0 atom stereocenters. The second-order valence-corrected chi connectivity index (χ2v) is 6.48. The molecular formula is C17H8ClF7N4O3. The fraction of sp³-hybridized carbons (Fsp3) is 0.118. The first-order valence-electron chi connectivity index (χ1n) is 8.12. The van der Waals surface area contributed by atoms with Gasteiger partial charge in [-0.3, -0.25) is 4.79 Å². The van der Waals surface area contributed by atoms with Crippen LogP contribution in [0.1, 0.15) is 11.3 Å². The van der Waals surface area contributed by atoms with Gasteiger partial charge in [-0.15, -0.1) is 0 Å². The molecule has 2 heterocycles. The Balaban J connectivity index is 2.10. The number of nitrogens with zero attached hydrogens (tertiary/aromatic N) is 3. The van der Waals surface area contributed by atoms with E-state index in [0.717, 1.165) is 6.07 Å². The lowest BCUT2D eigenvalue weighted by molar-refractivity contribution is -0.143. The van der Waals surface area contributed by atoms with E-state index < -0.39 is 67.7 Å². The first-order valence-corrected chi connectivity index (χ1v) is 8.50. The van der Waals surface area contributed by atoms with Crippen molar-refractivity contribution in [1.29, 1.82) is 0 Å². The molecule has 32 heavy (non-hydrogen) atoms. The van der Waals surface area contributed by atoms with E-state index in [0.29, 0.717) is 24.4 Å². The van der Waals surface area contributed by atoms with Crippen LogP contribution in [-0.2, 0) is 12.4 Å². The maximum atomic E-state index is 14.4. The standard InChI is InChI=1S/C17H8ClF7N4O3/c18-8-3-9(19)10(28-14(30)5-12(17(23,24)25)29(26)15(28)31)4-11(8)32-13-2-1-7(6-27-13)16(20,21)22/h1-6H,26H2. The molecule has 0 saturated carbocycles. The topological polar surface area (TPSA) is 92.1 Å². The summed E-state index contributed by atoms with van der Waals surface area (Å²) in [6.45, 7) is 0. The minimum Gasteiger partial charge on any atom is -0.437 e. The van der Waals surface area contributed by atoms with Crippen LogP contribution in [0, 0.1) is 5.82 Å². The zero-order valence-corrected chi connectivity index (χ0v) is 15.9. The van der Waals surface area contributed by atoms with Gasteiger partial charge in [0.15, 0.2) is 5.69 Å². The Kier molecular flexibility index (Phi) is 5.67. The van der Waals surface area contributed by atoms with Crippen molar-refractivity contribution >= 4 is 11.6 Å². The van der Waals surface area contributed by atoms with Gasteiger partial charge in [0.25, 0.3) is 5.56 Å². The van der Waals surface area contributed by atoms with Crippen LogP contribution in [-0.4, -0.2) is 14.2 Å². The molecule has 0 unspecified atom stereocenters. The summed E-state index contributed by atoms with van der Waals surface area (Å²) in [5.74, 6) is 2.92. The maximum absolute atomic E-state index is 14.4. The predicted octanol–water partition coefficient (Wildman–Crippen LogP) is 3.73. The summed E-state index contributed by atoms with van der Waals surface area (Å²) in [5.41, 5.74) is -7.04. The van der Waals surface area contributed by atoms with Crippen molar-refractivity contribution in [3.63, 3.8) is 0 Å². The van der Waals surface area contributed by atoms with Crippen LogP contribution in [0.3, 0.4) is 0 Å². The van der Waals surface area contributed by atoms with Crippen LogP contribution < -0.4 is 21.8 Å². The highest BCUT2D eigenvalue weighted by Crippen LogP contribution is 2.34. The van der Waals surface area contributed by atoms with Crippen LogP contribution >= 0.6 is 11.6 Å². The molecule has 0 aliphatic heterocycles. The molecule has 7 nitrogen and oxygen atoms in total. The Morgan fingerprint density at radius 3 is 2.19 bits per heavy atom. The molecule has 15 heteroatoms. The third kappa shape index (κ3) is 4.39. The Morgan fingerprint density at radius 2 is 1.66 bits per heavy atom. The first kappa shape index (κ1) is 23.1. The number of aromatic nitrogens is 3. The van der Waals surface area contributed by atoms with Crippen molar-refractivity contribution in [2.75, 3.05) is 5.84 Å². The predicted molar refractivity (Wildman–Crippen MR) is 95.7 cm³/mol. The normalized spacial score (nSPS) is 12.1. The Bertz CT molecular complexity index is 1300. The number of halogens is 8. The molecular weight excluding hydrogens is 477 g/mol. The minimum absolute atomic E-state index is 0.00601. The van der Waals surface area contributed by atoms with E-state index in [4.69, 9.17) is 22.2 Å². The highest BCUT2D eigenvalue weighted by Gasteiger charge is 2.36. The first-order chi connectivity index (χ1) is 14.7. The third-order valence-electron chi connectivity index (χ3n) is 3.95. The number of alkyl halides is 6. The van der Waals surface area contributed by atoms with Crippen molar-refractivity contribution in [2.24, 2.45) is 0 Å². The van der Waals surface area contributed by atoms with Crippen LogP contribution in [0.15, 0.2) is 46.1 Å². The molecule has 0 aliphatic carbocycles. The largest absolute Gasteiger partial charge is 0.437 e. The maximum Gasteiger partial charge on any atom is 0.433 e. The number of benzene rings is 1. The zero-order chi connectivity index (χ0) is 24.0. The quantitative estimate of drug-likeness (QED) is 0.452. The second-order valence-electron chi connectivity index (χ2n) is 6.07. The van der Waals surface area contributed by atoms with Crippen molar-refractivity contribution in [2.45, 2.75) is 12.4 Å². The van der Waals surface area contributed by atoms with E-state index >= 15 is 0 Å². The molecule has 0 spiro atoms. The fourth-order valence-corrected chi connectivity index (χ4v) is 2.67. The molecule has 0 amide bonds. The summed E-state index contributed by atoms with van der Waals surface area (Å²) >= 11 is 5.82. The molecule has 0 bridgehead atoms. The van der Waals surface area contributed by atoms with Gasteiger partial charge in [0.1, 0.15) is 11.6 Å². The summed E-state index contributed by atoms with van der Waals surface area (Å²) in [4.78, 5) is 27.8. The molecule has 3 aromatic rings. The molecule has 0 saturated heterocycles. The van der Waals surface area contributed by atoms with Gasteiger partial charge in [-0.05, 0) is 12.1 Å². The van der Waals surface area contributed by atoms with Crippen molar-refractivity contribution < 1.29 is 35.5 Å².